The fraction of sp³-hybridized carbons (Fsp3) is 0.389. The van der Waals surface area contributed by atoms with E-state index < -0.39 is 23.6 Å². The van der Waals surface area contributed by atoms with E-state index >= 15 is 0 Å². The fourth-order valence-electron chi connectivity index (χ4n) is 2.26. The highest BCUT2D eigenvalue weighted by Gasteiger charge is 2.49. The molecular formula is C18H21NO4. The molecule has 2 rings (SSSR count). The standard InChI is InChI=1S/C18H21NO4/c1-4-5-7-12-15(22-13(2)20)18(3)17(21)23-16(19-18)14-10-8-6-9-11-14/h6-12,15H,4-5H2,1-3H3. The van der Waals surface area contributed by atoms with E-state index in [1.54, 1.807) is 13.0 Å². The molecule has 1 aromatic carbocycles. The maximum absolute atomic E-state index is 12.4. The number of allylic oxidation sites excluding steroid dienone is 1. The van der Waals surface area contributed by atoms with Gasteiger partial charge in [0.1, 0.15) is 0 Å². The van der Waals surface area contributed by atoms with Gasteiger partial charge in [0.05, 0.1) is 0 Å². The highest BCUT2D eigenvalue weighted by molar-refractivity contribution is 6.08. The number of carbonyl (C=O) groups is 2. The average Bonchev–Trinajstić information content (AvgIpc) is 2.84. The zero-order valence-electron chi connectivity index (χ0n) is 13.6. The van der Waals surface area contributed by atoms with E-state index in [0.717, 1.165) is 12.8 Å². The molecule has 0 N–H and O–H groups in total. The molecule has 0 fully saturated rings. The number of aliphatic imine (C=N–C) groups is 1. The Balaban J connectivity index is 2.33. The molecule has 0 amide bonds. The molecule has 122 valence electrons. The SMILES string of the molecule is CCCC=CC(OC(C)=O)C1(C)N=C(c2ccccc2)OC1=O. The van der Waals surface area contributed by atoms with Gasteiger partial charge in [0.2, 0.25) is 5.90 Å². The summed E-state index contributed by atoms with van der Waals surface area (Å²) in [5.74, 6) is -0.739. The summed E-state index contributed by atoms with van der Waals surface area (Å²) in [6.07, 6.45) is 4.60. The second kappa shape index (κ2) is 7.22. The number of carbonyl (C=O) groups excluding carboxylic acids is 2. The second-order valence-electron chi connectivity index (χ2n) is 5.57. The van der Waals surface area contributed by atoms with Crippen LogP contribution < -0.4 is 0 Å². The lowest BCUT2D eigenvalue weighted by atomic mass is 9.95. The number of hydrogen-bond acceptors (Lipinski definition) is 5. The Labute approximate surface area is 136 Å². The van der Waals surface area contributed by atoms with Gasteiger partial charge >= 0.3 is 11.9 Å². The summed E-state index contributed by atoms with van der Waals surface area (Å²) in [5.41, 5.74) is -0.565. The van der Waals surface area contributed by atoms with Crippen molar-refractivity contribution in [3.05, 3.63) is 48.0 Å². The summed E-state index contributed by atoms with van der Waals surface area (Å²) >= 11 is 0. The van der Waals surface area contributed by atoms with Crippen LogP contribution in [0.2, 0.25) is 0 Å². The topological polar surface area (TPSA) is 65.0 Å². The predicted octanol–water partition coefficient (Wildman–Crippen LogP) is 3.04. The quantitative estimate of drug-likeness (QED) is 0.598. The zero-order valence-corrected chi connectivity index (χ0v) is 13.6. The minimum atomic E-state index is -1.28. The molecule has 1 heterocycles. The molecule has 0 saturated heterocycles. The highest BCUT2D eigenvalue weighted by Crippen LogP contribution is 2.29. The lowest BCUT2D eigenvalue weighted by molar-refractivity contribution is -0.152. The molecule has 23 heavy (non-hydrogen) atoms. The normalized spacial score (nSPS) is 21.9. The van der Waals surface area contributed by atoms with Gasteiger partial charge in [-0.2, -0.15) is 0 Å². The summed E-state index contributed by atoms with van der Waals surface area (Å²) in [5, 5.41) is 0. The Morgan fingerprint density at radius 2 is 2.09 bits per heavy atom. The third-order valence-electron chi connectivity index (χ3n) is 3.57. The van der Waals surface area contributed by atoms with Crippen molar-refractivity contribution in [3.63, 3.8) is 0 Å². The first-order valence-electron chi connectivity index (χ1n) is 7.68. The lowest BCUT2D eigenvalue weighted by Crippen LogP contribution is -2.44. The first kappa shape index (κ1) is 16.9. The first-order valence-corrected chi connectivity index (χ1v) is 7.68. The van der Waals surface area contributed by atoms with Gasteiger partial charge in [-0.25, -0.2) is 9.79 Å². The van der Waals surface area contributed by atoms with Crippen LogP contribution in [-0.2, 0) is 19.1 Å². The Bertz CT molecular complexity index is 636. The van der Waals surface area contributed by atoms with Gasteiger partial charge in [0.25, 0.3) is 0 Å². The smallest absolute Gasteiger partial charge is 0.344 e. The molecule has 1 aliphatic heterocycles. The van der Waals surface area contributed by atoms with Crippen LogP contribution in [0.5, 0.6) is 0 Å². The van der Waals surface area contributed by atoms with Crippen LogP contribution >= 0.6 is 0 Å². The van der Waals surface area contributed by atoms with E-state index in [1.807, 2.05) is 43.3 Å². The molecule has 0 aliphatic carbocycles. The number of benzene rings is 1. The summed E-state index contributed by atoms with van der Waals surface area (Å²) in [6.45, 7) is 4.98. The van der Waals surface area contributed by atoms with Gasteiger partial charge in [-0.3, -0.25) is 4.79 Å². The average molecular weight is 315 g/mol. The molecule has 1 aliphatic rings. The van der Waals surface area contributed by atoms with E-state index in [-0.39, 0.29) is 5.90 Å². The van der Waals surface area contributed by atoms with Crippen molar-refractivity contribution in [1.82, 2.24) is 0 Å². The zero-order chi connectivity index (χ0) is 16.9. The van der Waals surface area contributed by atoms with Crippen molar-refractivity contribution in [2.45, 2.75) is 45.3 Å². The van der Waals surface area contributed by atoms with Crippen LogP contribution in [0.25, 0.3) is 0 Å². The summed E-state index contributed by atoms with van der Waals surface area (Å²) in [4.78, 5) is 28.2. The number of ether oxygens (including phenoxy) is 2. The minimum Gasteiger partial charge on any atom is -0.455 e. The van der Waals surface area contributed by atoms with Crippen LogP contribution in [0.15, 0.2) is 47.5 Å². The van der Waals surface area contributed by atoms with Crippen LogP contribution in [0.1, 0.15) is 39.2 Å². The number of esters is 2. The third-order valence-corrected chi connectivity index (χ3v) is 3.57. The predicted molar refractivity (Wildman–Crippen MR) is 87.1 cm³/mol. The fourth-order valence-corrected chi connectivity index (χ4v) is 2.26. The number of nitrogens with zero attached hydrogens (tertiary/aromatic N) is 1. The van der Waals surface area contributed by atoms with Gasteiger partial charge in [-0.05, 0) is 31.6 Å². The Morgan fingerprint density at radius 3 is 2.70 bits per heavy atom. The van der Waals surface area contributed by atoms with E-state index in [4.69, 9.17) is 9.47 Å². The van der Waals surface area contributed by atoms with Crippen molar-refractivity contribution in [2.75, 3.05) is 0 Å². The first-order chi connectivity index (χ1) is 11.0. The summed E-state index contributed by atoms with van der Waals surface area (Å²) in [6, 6.07) is 9.17. The molecule has 2 unspecified atom stereocenters. The van der Waals surface area contributed by atoms with Crippen molar-refractivity contribution < 1.29 is 19.1 Å². The van der Waals surface area contributed by atoms with E-state index in [0.29, 0.717) is 5.56 Å². The van der Waals surface area contributed by atoms with Crippen LogP contribution in [0.4, 0.5) is 0 Å². The van der Waals surface area contributed by atoms with Gasteiger partial charge in [-0.15, -0.1) is 0 Å². The lowest BCUT2D eigenvalue weighted by Gasteiger charge is -2.24. The Hall–Kier alpha value is -2.43. The molecule has 2 atom stereocenters. The molecule has 0 saturated carbocycles. The molecule has 0 aromatic heterocycles. The Kier molecular flexibility index (Phi) is 5.32. The van der Waals surface area contributed by atoms with Gasteiger partial charge in [0, 0.05) is 12.5 Å². The Morgan fingerprint density at radius 1 is 1.39 bits per heavy atom. The van der Waals surface area contributed by atoms with E-state index in [9.17, 15) is 9.59 Å². The maximum Gasteiger partial charge on any atom is 0.344 e. The maximum atomic E-state index is 12.4. The molecule has 0 bridgehead atoms. The third kappa shape index (κ3) is 3.86. The molecule has 0 spiro atoms. The molecule has 1 aromatic rings. The molecule has 5 heteroatoms. The van der Waals surface area contributed by atoms with E-state index in [1.165, 1.54) is 6.92 Å². The molecule has 5 nitrogen and oxygen atoms in total. The monoisotopic (exact) mass is 315 g/mol. The number of rotatable bonds is 6. The molecule has 0 radical (unpaired) electrons. The molecular weight excluding hydrogens is 294 g/mol. The van der Waals surface area contributed by atoms with Gasteiger partial charge < -0.3 is 9.47 Å². The number of cyclic esters (lactones) is 1. The van der Waals surface area contributed by atoms with Crippen molar-refractivity contribution >= 4 is 17.8 Å². The van der Waals surface area contributed by atoms with Gasteiger partial charge in [-0.1, -0.05) is 37.6 Å². The summed E-state index contributed by atoms with van der Waals surface area (Å²) < 4.78 is 10.6. The number of hydrogen-bond donors (Lipinski definition) is 0. The highest BCUT2D eigenvalue weighted by atomic mass is 16.6. The van der Waals surface area contributed by atoms with Crippen molar-refractivity contribution in [2.24, 2.45) is 4.99 Å². The van der Waals surface area contributed by atoms with Crippen LogP contribution in [0, 0.1) is 0 Å². The minimum absolute atomic E-state index is 0.249. The summed E-state index contributed by atoms with van der Waals surface area (Å²) in [7, 11) is 0. The van der Waals surface area contributed by atoms with Gasteiger partial charge in [0.15, 0.2) is 11.6 Å². The van der Waals surface area contributed by atoms with Crippen molar-refractivity contribution in [1.29, 1.82) is 0 Å². The van der Waals surface area contributed by atoms with Crippen molar-refractivity contribution in [3.8, 4) is 0 Å². The van der Waals surface area contributed by atoms with E-state index in [2.05, 4.69) is 4.99 Å². The second-order valence-corrected chi connectivity index (χ2v) is 5.57. The van der Waals surface area contributed by atoms with Crippen LogP contribution in [-0.4, -0.2) is 29.5 Å². The number of unbranched alkanes of at least 4 members (excludes halogenated alkanes) is 1. The largest absolute Gasteiger partial charge is 0.455 e. The van der Waals surface area contributed by atoms with Crippen LogP contribution in [0.3, 0.4) is 0 Å².